The topological polar surface area (TPSA) is 15.3 Å². The van der Waals surface area contributed by atoms with E-state index in [4.69, 9.17) is 0 Å². The lowest BCUT2D eigenvalue weighted by atomic mass is 9.90. The molecule has 0 aromatic rings. The maximum Gasteiger partial charge on any atom is 0.401 e. The van der Waals surface area contributed by atoms with Crippen LogP contribution < -0.4 is 5.32 Å². The number of hydrogen-bond donors (Lipinski definition) is 1. The van der Waals surface area contributed by atoms with Crippen molar-refractivity contribution in [3.05, 3.63) is 0 Å². The van der Waals surface area contributed by atoms with Crippen LogP contribution in [0.4, 0.5) is 13.2 Å². The Labute approximate surface area is 102 Å². The smallest absolute Gasteiger partial charge is 0.317 e. The van der Waals surface area contributed by atoms with Gasteiger partial charge in [0.2, 0.25) is 0 Å². The first kappa shape index (κ1) is 14.8. The van der Waals surface area contributed by atoms with E-state index in [0.29, 0.717) is 12.6 Å². The van der Waals surface area contributed by atoms with Gasteiger partial charge in [0.05, 0.1) is 6.54 Å². The van der Waals surface area contributed by atoms with Crippen LogP contribution in [-0.2, 0) is 0 Å². The second-order valence-electron chi connectivity index (χ2n) is 4.88. The summed E-state index contributed by atoms with van der Waals surface area (Å²) in [6.45, 7) is 1.73. The van der Waals surface area contributed by atoms with Gasteiger partial charge in [0.15, 0.2) is 0 Å². The van der Waals surface area contributed by atoms with Crippen molar-refractivity contribution in [1.82, 2.24) is 10.2 Å². The molecular formula is C12H23F3N2. The highest BCUT2D eigenvalue weighted by atomic mass is 19.4. The van der Waals surface area contributed by atoms with Crippen molar-refractivity contribution in [3.8, 4) is 0 Å². The van der Waals surface area contributed by atoms with Crippen LogP contribution in [0.1, 0.15) is 39.0 Å². The van der Waals surface area contributed by atoms with Crippen LogP contribution in [0.5, 0.6) is 0 Å². The van der Waals surface area contributed by atoms with Crippen LogP contribution in [0.15, 0.2) is 0 Å². The average Bonchev–Trinajstić information content (AvgIpc) is 2.27. The summed E-state index contributed by atoms with van der Waals surface area (Å²) in [6.07, 6.45) is 0.429. The van der Waals surface area contributed by atoms with Gasteiger partial charge < -0.3 is 5.32 Å². The van der Waals surface area contributed by atoms with Crippen LogP contribution in [0.3, 0.4) is 0 Å². The Balaban J connectivity index is 2.48. The van der Waals surface area contributed by atoms with Crippen molar-refractivity contribution >= 4 is 0 Å². The zero-order valence-corrected chi connectivity index (χ0v) is 10.7. The minimum Gasteiger partial charge on any atom is -0.317 e. The van der Waals surface area contributed by atoms with E-state index in [1.807, 2.05) is 14.0 Å². The van der Waals surface area contributed by atoms with E-state index in [2.05, 4.69) is 5.32 Å². The molecule has 1 fully saturated rings. The van der Waals surface area contributed by atoms with Crippen LogP contribution >= 0.6 is 0 Å². The average molecular weight is 252 g/mol. The predicted octanol–water partition coefficient (Wildman–Crippen LogP) is 2.79. The minimum absolute atomic E-state index is 0.112. The molecule has 0 spiro atoms. The lowest BCUT2D eigenvalue weighted by Gasteiger charge is -2.37. The molecule has 0 unspecified atom stereocenters. The molecule has 2 nitrogen and oxygen atoms in total. The molecule has 0 saturated heterocycles. The number of nitrogens with zero attached hydrogens (tertiary/aromatic N) is 1. The summed E-state index contributed by atoms with van der Waals surface area (Å²) < 4.78 is 37.4. The molecule has 102 valence electrons. The zero-order chi connectivity index (χ0) is 12.9. The SMILES string of the molecule is CCCN(CC(F)(F)F)C1CCC(NC)CC1. The van der Waals surface area contributed by atoms with E-state index in [1.54, 1.807) is 4.90 Å². The molecule has 0 radical (unpaired) electrons. The fourth-order valence-corrected chi connectivity index (χ4v) is 2.64. The third-order valence-electron chi connectivity index (χ3n) is 3.51. The summed E-state index contributed by atoms with van der Waals surface area (Å²) in [5.74, 6) is 0. The van der Waals surface area contributed by atoms with Crippen molar-refractivity contribution in [1.29, 1.82) is 0 Å². The Morgan fingerprint density at radius 3 is 2.18 bits per heavy atom. The number of hydrogen-bond acceptors (Lipinski definition) is 2. The molecule has 17 heavy (non-hydrogen) atoms. The van der Waals surface area contributed by atoms with Crippen molar-refractivity contribution in [2.45, 2.75) is 57.3 Å². The number of alkyl halides is 3. The molecule has 1 aliphatic rings. The maximum absolute atomic E-state index is 12.5. The van der Waals surface area contributed by atoms with Crippen molar-refractivity contribution in [3.63, 3.8) is 0 Å². The Bertz CT molecular complexity index is 210. The van der Waals surface area contributed by atoms with Gasteiger partial charge in [0, 0.05) is 12.1 Å². The Morgan fingerprint density at radius 1 is 1.18 bits per heavy atom. The van der Waals surface area contributed by atoms with E-state index in [1.165, 1.54) is 0 Å². The molecule has 0 aliphatic heterocycles. The third-order valence-corrected chi connectivity index (χ3v) is 3.51. The Kier molecular flexibility index (Phi) is 5.73. The number of halogens is 3. The van der Waals surface area contributed by atoms with E-state index in [-0.39, 0.29) is 6.04 Å². The van der Waals surface area contributed by atoms with E-state index < -0.39 is 12.7 Å². The lowest BCUT2D eigenvalue weighted by molar-refractivity contribution is -0.152. The van der Waals surface area contributed by atoms with Crippen LogP contribution in [0, 0.1) is 0 Å². The summed E-state index contributed by atoms with van der Waals surface area (Å²) in [6, 6.07) is 0.599. The largest absolute Gasteiger partial charge is 0.401 e. The minimum atomic E-state index is -4.07. The molecule has 1 aliphatic carbocycles. The molecule has 0 atom stereocenters. The van der Waals surface area contributed by atoms with Gasteiger partial charge in [0.25, 0.3) is 0 Å². The van der Waals surface area contributed by atoms with Crippen LogP contribution in [-0.4, -0.2) is 43.3 Å². The summed E-state index contributed by atoms with van der Waals surface area (Å²) in [5, 5.41) is 3.20. The Hall–Kier alpha value is -0.290. The molecule has 1 rings (SSSR count). The normalized spacial score (nSPS) is 26.5. The molecule has 5 heteroatoms. The van der Waals surface area contributed by atoms with Gasteiger partial charge in [-0.15, -0.1) is 0 Å². The molecule has 1 saturated carbocycles. The van der Waals surface area contributed by atoms with Crippen molar-refractivity contribution < 1.29 is 13.2 Å². The first-order chi connectivity index (χ1) is 7.96. The quantitative estimate of drug-likeness (QED) is 0.809. The molecule has 0 aromatic heterocycles. The van der Waals surface area contributed by atoms with Gasteiger partial charge in [-0.05, 0) is 45.7 Å². The van der Waals surface area contributed by atoms with Gasteiger partial charge in [-0.2, -0.15) is 13.2 Å². The maximum atomic E-state index is 12.5. The number of nitrogens with one attached hydrogen (secondary N) is 1. The highest BCUT2D eigenvalue weighted by molar-refractivity contribution is 4.83. The van der Waals surface area contributed by atoms with E-state index in [0.717, 1.165) is 32.1 Å². The highest BCUT2D eigenvalue weighted by Gasteiger charge is 2.34. The van der Waals surface area contributed by atoms with Crippen LogP contribution in [0.2, 0.25) is 0 Å². The van der Waals surface area contributed by atoms with Gasteiger partial charge in [0.1, 0.15) is 0 Å². The van der Waals surface area contributed by atoms with Gasteiger partial charge >= 0.3 is 6.18 Å². The van der Waals surface area contributed by atoms with Crippen molar-refractivity contribution in [2.75, 3.05) is 20.1 Å². The van der Waals surface area contributed by atoms with Crippen LogP contribution in [0.25, 0.3) is 0 Å². The molecule has 0 heterocycles. The first-order valence-corrected chi connectivity index (χ1v) is 6.44. The summed E-state index contributed by atoms with van der Waals surface area (Å²) in [4.78, 5) is 1.62. The van der Waals surface area contributed by atoms with Gasteiger partial charge in [-0.3, -0.25) is 4.90 Å². The first-order valence-electron chi connectivity index (χ1n) is 6.44. The summed E-state index contributed by atoms with van der Waals surface area (Å²) in [5.41, 5.74) is 0. The summed E-state index contributed by atoms with van der Waals surface area (Å²) in [7, 11) is 1.92. The molecule has 0 amide bonds. The fraction of sp³-hybridized carbons (Fsp3) is 1.00. The molecule has 0 aromatic carbocycles. The predicted molar refractivity (Wildman–Crippen MR) is 63.0 cm³/mol. The van der Waals surface area contributed by atoms with E-state index in [9.17, 15) is 13.2 Å². The Morgan fingerprint density at radius 2 is 1.76 bits per heavy atom. The summed E-state index contributed by atoms with van der Waals surface area (Å²) >= 11 is 0. The second-order valence-corrected chi connectivity index (χ2v) is 4.88. The van der Waals surface area contributed by atoms with Crippen molar-refractivity contribution in [2.24, 2.45) is 0 Å². The molecular weight excluding hydrogens is 229 g/mol. The van der Waals surface area contributed by atoms with E-state index >= 15 is 0 Å². The second kappa shape index (κ2) is 6.59. The van der Waals surface area contributed by atoms with Gasteiger partial charge in [-0.1, -0.05) is 6.92 Å². The molecule has 0 bridgehead atoms. The standard InChI is InChI=1S/C12H23F3N2/c1-3-8-17(9-12(13,14)15)11-6-4-10(16-2)5-7-11/h10-11,16H,3-9H2,1-2H3. The number of rotatable bonds is 5. The highest BCUT2D eigenvalue weighted by Crippen LogP contribution is 2.26. The monoisotopic (exact) mass is 252 g/mol. The lowest BCUT2D eigenvalue weighted by Crippen LogP contribution is -2.45. The zero-order valence-electron chi connectivity index (χ0n) is 10.7. The van der Waals surface area contributed by atoms with Gasteiger partial charge in [-0.25, -0.2) is 0 Å². The third kappa shape index (κ3) is 5.25. The fourth-order valence-electron chi connectivity index (χ4n) is 2.64. The molecule has 1 N–H and O–H groups in total.